The Hall–Kier alpha value is -2.60. The molecular weight excluding hydrogens is 349 g/mol. The molecule has 0 unspecified atom stereocenters. The van der Waals surface area contributed by atoms with Gasteiger partial charge < -0.3 is 14.7 Å². The molecule has 1 amide bonds. The monoisotopic (exact) mass is 363 g/mol. The van der Waals surface area contributed by atoms with Gasteiger partial charge in [0.05, 0.1) is 10.9 Å². The smallest absolute Gasteiger partial charge is 0.308 e. The number of carbonyl (C=O) groups is 2. The fourth-order valence-electron chi connectivity index (χ4n) is 2.67. The molecule has 0 aromatic heterocycles. The van der Waals surface area contributed by atoms with Crippen molar-refractivity contribution < 1.29 is 23.8 Å². The molecule has 0 spiro atoms. The molecule has 7 heteroatoms. The number of carbonyl (C=O) groups excluding carboxylic acids is 1. The predicted molar refractivity (Wildman–Crippen MR) is 90.3 cm³/mol. The number of carboxylic acids is 1. The van der Waals surface area contributed by atoms with Gasteiger partial charge in [-0.2, -0.15) is 0 Å². The predicted octanol–water partition coefficient (Wildman–Crippen LogP) is 3.50. The lowest BCUT2D eigenvalue weighted by Gasteiger charge is -2.16. The largest absolute Gasteiger partial charge is 0.489 e. The Labute approximate surface area is 148 Å². The summed E-state index contributed by atoms with van der Waals surface area (Å²) in [5, 5.41) is 9.31. The minimum absolute atomic E-state index is 0.000627. The van der Waals surface area contributed by atoms with Crippen LogP contribution in [0.15, 0.2) is 42.5 Å². The van der Waals surface area contributed by atoms with Crippen LogP contribution in [0.1, 0.15) is 12.0 Å². The molecule has 5 nitrogen and oxygen atoms in total. The molecule has 3 rings (SSSR count). The maximum Gasteiger partial charge on any atom is 0.308 e. The Morgan fingerprint density at radius 3 is 2.60 bits per heavy atom. The van der Waals surface area contributed by atoms with Crippen molar-refractivity contribution in [2.24, 2.45) is 5.92 Å². The normalized spacial score (nSPS) is 17.0. The SMILES string of the molecule is O=C(O)[C@H]1CC(=O)N(c2ccc(OCc3c(F)cccc3Cl)cc2)C1. The minimum Gasteiger partial charge on any atom is -0.489 e. The van der Waals surface area contributed by atoms with Crippen molar-refractivity contribution in [1.29, 1.82) is 0 Å². The number of nitrogens with zero attached hydrogens (tertiary/aromatic N) is 1. The average molecular weight is 364 g/mol. The molecule has 1 fully saturated rings. The van der Waals surface area contributed by atoms with Gasteiger partial charge in [0.2, 0.25) is 5.91 Å². The quantitative estimate of drug-likeness (QED) is 0.883. The molecule has 2 aromatic rings. The van der Waals surface area contributed by atoms with Crippen molar-refractivity contribution in [3.8, 4) is 5.75 Å². The summed E-state index contributed by atoms with van der Waals surface area (Å²) >= 11 is 5.95. The van der Waals surface area contributed by atoms with Crippen molar-refractivity contribution in [2.45, 2.75) is 13.0 Å². The van der Waals surface area contributed by atoms with Crippen LogP contribution in [-0.4, -0.2) is 23.5 Å². The number of hydrogen-bond donors (Lipinski definition) is 1. The first-order chi connectivity index (χ1) is 12.0. The van der Waals surface area contributed by atoms with E-state index in [9.17, 15) is 14.0 Å². The maximum absolute atomic E-state index is 13.7. The molecule has 1 atom stereocenters. The standard InChI is InChI=1S/C18H15ClFNO4/c19-15-2-1-3-16(20)14(15)10-25-13-6-4-12(5-7-13)21-9-11(18(23)24)8-17(21)22/h1-7,11H,8-10H2,(H,23,24)/t11-/m0/s1. The van der Waals surface area contributed by atoms with Crippen molar-refractivity contribution >= 4 is 29.2 Å². The first kappa shape index (κ1) is 17.2. The van der Waals surface area contributed by atoms with Crippen LogP contribution >= 0.6 is 11.6 Å². The fourth-order valence-corrected chi connectivity index (χ4v) is 2.89. The molecule has 2 aromatic carbocycles. The Kier molecular flexibility index (Phi) is 4.90. The maximum atomic E-state index is 13.7. The summed E-state index contributed by atoms with van der Waals surface area (Å²) in [6, 6.07) is 11.0. The highest BCUT2D eigenvalue weighted by atomic mass is 35.5. The number of carboxylic acid groups (broad SMARTS) is 1. The summed E-state index contributed by atoms with van der Waals surface area (Å²) < 4.78 is 19.2. The molecule has 25 heavy (non-hydrogen) atoms. The Bertz CT molecular complexity index is 789. The molecule has 0 aliphatic carbocycles. The number of ether oxygens (including phenoxy) is 1. The van der Waals surface area contributed by atoms with Crippen molar-refractivity contribution in [3.63, 3.8) is 0 Å². The molecule has 1 N–H and O–H groups in total. The third-order valence-corrected chi connectivity index (χ3v) is 4.42. The zero-order chi connectivity index (χ0) is 18.0. The molecule has 0 saturated carbocycles. The molecular formula is C18H15ClFNO4. The summed E-state index contributed by atoms with van der Waals surface area (Å²) in [6.07, 6.45) is -0.000627. The zero-order valence-corrected chi connectivity index (χ0v) is 13.9. The van der Waals surface area contributed by atoms with Crippen LogP contribution in [0.5, 0.6) is 5.75 Å². The topological polar surface area (TPSA) is 66.8 Å². The van der Waals surface area contributed by atoms with E-state index in [1.54, 1.807) is 30.3 Å². The summed E-state index contributed by atoms with van der Waals surface area (Å²) in [7, 11) is 0. The van der Waals surface area contributed by atoms with Gasteiger partial charge in [0.25, 0.3) is 0 Å². The lowest BCUT2D eigenvalue weighted by molar-refractivity contribution is -0.141. The van der Waals surface area contributed by atoms with Crippen molar-refractivity contribution in [2.75, 3.05) is 11.4 Å². The molecule has 1 aliphatic rings. The van der Waals surface area contributed by atoms with Crippen LogP contribution in [-0.2, 0) is 16.2 Å². The van der Waals surface area contributed by atoms with Gasteiger partial charge in [0.15, 0.2) is 0 Å². The third-order valence-electron chi connectivity index (χ3n) is 4.07. The van der Waals surface area contributed by atoms with E-state index in [2.05, 4.69) is 0 Å². The minimum atomic E-state index is -0.974. The summed E-state index contributed by atoms with van der Waals surface area (Å²) in [5.41, 5.74) is 0.872. The van der Waals surface area contributed by atoms with Gasteiger partial charge in [0, 0.05) is 24.2 Å². The number of aliphatic carboxylic acids is 1. The van der Waals surface area contributed by atoms with Crippen LogP contribution in [0.2, 0.25) is 5.02 Å². The van der Waals surface area contributed by atoms with Crippen molar-refractivity contribution in [1.82, 2.24) is 0 Å². The Morgan fingerprint density at radius 1 is 1.28 bits per heavy atom. The highest BCUT2D eigenvalue weighted by Gasteiger charge is 2.34. The van der Waals surface area contributed by atoms with Gasteiger partial charge in [-0.05, 0) is 36.4 Å². The molecule has 1 aliphatic heterocycles. The first-order valence-corrected chi connectivity index (χ1v) is 8.02. The van der Waals surface area contributed by atoms with Gasteiger partial charge in [-0.15, -0.1) is 0 Å². The van der Waals surface area contributed by atoms with E-state index in [1.165, 1.54) is 17.0 Å². The third kappa shape index (κ3) is 3.74. The number of hydrogen-bond acceptors (Lipinski definition) is 3. The summed E-state index contributed by atoms with van der Waals surface area (Å²) in [6.45, 7) is 0.133. The number of halogens is 2. The van der Waals surface area contributed by atoms with Gasteiger partial charge >= 0.3 is 5.97 Å². The second-order valence-corrected chi connectivity index (χ2v) is 6.13. The Morgan fingerprint density at radius 2 is 2.00 bits per heavy atom. The van der Waals surface area contributed by atoms with E-state index in [0.29, 0.717) is 16.5 Å². The van der Waals surface area contributed by atoms with E-state index in [4.69, 9.17) is 21.4 Å². The molecule has 0 radical (unpaired) electrons. The highest BCUT2D eigenvalue weighted by molar-refractivity contribution is 6.31. The fraction of sp³-hybridized carbons (Fsp3) is 0.222. The summed E-state index contributed by atoms with van der Waals surface area (Å²) in [4.78, 5) is 24.4. The van der Waals surface area contributed by atoms with Gasteiger partial charge in [-0.3, -0.25) is 9.59 Å². The van der Waals surface area contributed by atoms with Gasteiger partial charge in [0.1, 0.15) is 18.2 Å². The number of benzene rings is 2. The van der Waals surface area contributed by atoms with Crippen LogP contribution in [0.3, 0.4) is 0 Å². The highest BCUT2D eigenvalue weighted by Crippen LogP contribution is 2.28. The van der Waals surface area contributed by atoms with E-state index >= 15 is 0 Å². The van der Waals surface area contributed by atoms with Crippen molar-refractivity contribution in [3.05, 3.63) is 58.9 Å². The number of anilines is 1. The lowest BCUT2D eigenvalue weighted by atomic mass is 10.1. The Balaban J connectivity index is 1.67. The molecule has 130 valence electrons. The van der Waals surface area contributed by atoms with Gasteiger partial charge in [-0.1, -0.05) is 17.7 Å². The first-order valence-electron chi connectivity index (χ1n) is 7.64. The zero-order valence-electron chi connectivity index (χ0n) is 13.1. The molecule has 1 heterocycles. The number of rotatable bonds is 5. The van der Waals surface area contributed by atoms with E-state index in [0.717, 1.165) is 0 Å². The van der Waals surface area contributed by atoms with E-state index < -0.39 is 17.7 Å². The second kappa shape index (κ2) is 7.11. The molecule has 0 bridgehead atoms. The second-order valence-electron chi connectivity index (χ2n) is 5.73. The van der Waals surface area contributed by atoms with Gasteiger partial charge in [-0.25, -0.2) is 4.39 Å². The van der Waals surface area contributed by atoms with E-state index in [-0.39, 0.29) is 31.0 Å². The average Bonchev–Trinajstić information content (AvgIpc) is 2.97. The number of amides is 1. The summed E-state index contributed by atoms with van der Waals surface area (Å²) in [5.74, 6) is -1.83. The van der Waals surface area contributed by atoms with Crippen LogP contribution < -0.4 is 9.64 Å². The van der Waals surface area contributed by atoms with Crippen LogP contribution in [0.4, 0.5) is 10.1 Å². The van der Waals surface area contributed by atoms with Crippen LogP contribution in [0, 0.1) is 11.7 Å². The van der Waals surface area contributed by atoms with Crippen LogP contribution in [0.25, 0.3) is 0 Å². The van der Waals surface area contributed by atoms with E-state index in [1.807, 2.05) is 0 Å². The lowest BCUT2D eigenvalue weighted by Crippen LogP contribution is -2.25. The molecule has 1 saturated heterocycles.